The molecule has 3 rings (SSSR count). The van der Waals surface area contributed by atoms with Crippen LogP contribution in [0.15, 0.2) is 47.8 Å². The molecule has 1 nitrogen and oxygen atoms in total. The second-order valence-electron chi connectivity index (χ2n) is 4.57. The van der Waals surface area contributed by atoms with Crippen molar-refractivity contribution in [2.24, 2.45) is 0 Å². The molecule has 102 valence electrons. The van der Waals surface area contributed by atoms with Crippen LogP contribution in [0.25, 0.3) is 10.1 Å². The van der Waals surface area contributed by atoms with Crippen molar-refractivity contribution in [3.63, 3.8) is 0 Å². The first kappa shape index (κ1) is 13.6. The molecule has 0 saturated heterocycles. The van der Waals surface area contributed by atoms with Gasteiger partial charge in [-0.25, -0.2) is 4.39 Å². The van der Waals surface area contributed by atoms with Crippen molar-refractivity contribution in [3.05, 3.63) is 69.8 Å². The minimum absolute atomic E-state index is 0.212. The summed E-state index contributed by atoms with van der Waals surface area (Å²) >= 11 is 7.68. The largest absolute Gasteiger partial charge is 0.309 e. The summed E-state index contributed by atoms with van der Waals surface area (Å²) < 4.78 is 15.3. The first-order chi connectivity index (χ1) is 9.70. The average Bonchev–Trinajstić information content (AvgIpc) is 2.92. The van der Waals surface area contributed by atoms with Crippen LogP contribution in [0.3, 0.4) is 0 Å². The molecule has 1 heterocycles. The van der Waals surface area contributed by atoms with E-state index < -0.39 is 0 Å². The summed E-state index contributed by atoms with van der Waals surface area (Å²) in [5.41, 5.74) is 1.64. The summed E-state index contributed by atoms with van der Waals surface area (Å²) in [6.07, 6.45) is 0. The molecule has 2 aromatic carbocycles. The lowest BCUT2D eigenvalue weighted by Gasteiger charge is -2.19. The fraction of sp³-hybridized carbons (Fsp3) is 0.125. The van der Waals surface area contributed by atoms with E-state index in [0.717, 1.165) is 5.56 Å². The van der Waals surface area contributed by atoms with Crippen molar-refractivity contribution < 1.29 is 4.39 Å². The molecule has 0 aliphatic carbocycles. The zero-order chi connectivity index (χ0) is 14.1. The number of halogens is 2. The van der Waals surface area contributed by atoms with Gasteiger partial charge in [-0.3, -0.25) is 0 Å². The van der Waals surface area contributed by atoms with Crippen LogP contribution in [-0.2, 0) is 0 Å². The lowest BCUT2D eigenvalue weighted by atomic mass is 9.97. The van der Waals surface area contributed by atoms with Crippen molar-refractivity contribution >= 4 is 33.0 Å². The Kier molecular flexibility index (Phi) is 3.74. The molecule has 4 heteroatoms. The van der Waals surface area contributed by atoms with Gasteiger partial charge in [0.1, 0.15) is 5.82 Å². The van der Waals surface area contributed by atoms with Crippen LogP contribution < -0.4 is 5.32 Å². The first-order valence-corrected chi connectivity index (χ1v) is 7.55. The van der Waals surface area contributed by atoms with Crippen molar-refractivity contribution in [1.82, 2.24) is 5.32 Å². The van der Waals surface area contributed by atoms with Gasteiger partial charge in [-0.05, 0) is 47.6 Å². The van der Waals surface area contributed by atoms with Crippen molar-refractivity contribution in [3.8, 4) is 0 Å². The maximum atomic E-state index is 14.1. The zero-order valence-corrected chi connectivity index (χ0v) is 12.4. The maximum absolute atomic E-state index is 14.1. The van der Waals surface area contributed by atoms with Gasteiger partial charge in [0.25, 0.3) is 0 Å². The van der Waals surface area contributed by atoms with E-state index in [1.165, 1.54) is 16.2 Å². The quantitative estimate of drug-likeness (QED) is 0.718. The summed E-state index contributed by atoms with van der Waals surface area (Å²) in [5.74, 6) is -0.248. The van der Waals surface area contributed by atoms with Gasteiger partial charge in [0, 0.05) is 15.3 Å². The molecular formula is C16H13ClFNS. The molecule has 1 unspecified atom stereocenters. The molecular weight excluding hydrogens is 293 g/mol. The highest BCUT2D eigenvalue weighted by molar-refractivity contribution is 7.17. The lowest BCUT2D eigenvalue weighted by Crippen LogP contribution is -2.19. The highest BCUT2D eigenvalue weighted by Crippen LogP contribution is 2.33. The average molecular weight is 306 g/mol. The van der Waals surface area contributed by atoms with E-state index in [1.807, 2.05) is 19.2 Å². The van der Waals surface area contributed by atoms with Crippen LogP contribution in [0.1, 0.15) is 17.2 Å². The Bertz CT molecular complexity index is 753. The number of benzene rings is 2. The lowest BCUT2D eigenvalue weighted by molar-refractivity contribution is 0.578. The molecule has 0 radical (unpaired) electrons. The van der Waals surface area contributed by atoms with Crippen molar-refractivity contribution in [1.29, 1.82) is 0 Å². The molecule has 20 heavy (non-hydrogen) atoms. The predicted octanol–water partition coefficient (Wildman–Crippen LogP) is 5.00. The summed E-state index contributed by atoms with van der Waals surface area (Å²) in [6.45, 7) is 0. The molecule has 0 aliphatic heterocycles. The van der Waals surface area contributed by atoms with Gasteiger partial charge in [-0.2, -0.15) is 0 Å². The number of hydrogen-bond donors (Lipinski definition) is 1. The van der Waals surface area contributed by atoms with Gasteiger partial charge in [-0.1, -0.05) is 29.8 Å². The normalized spacial score (nSPS) is 12.8. The molecule has 0 bridgehead atoms. The molecule has 1 aromatic heterocycles. The van der Waals surface area contributed by atoms with Gasteiger partial charge in [0.05, 0.1) is 6.04 Å². The highest BCUT2D eigenvalue weighted by Gasteiger charge is 2.19. The fourth-order valence-electron chi connectivity index (χ4n) is 2.46. The summed E-state index contributed by atoms with van der Waals surface area (Å²) in [4.78, 5) is 0. The molecule has 1 N–H and O–H groups in total. The summed E-state index contributed by atoms with van der Waals surface area (Å²) in [5, 5.41) is 6.96. The summed E-state index contributed by atoms with van der Waals surface area (Å²) in [6, 6.07) is 12.6. The van der Waals surface area contributed by atoms with E-state index in [-0.39, 0.29) is 11.9 Å². The van der Waals surface area contributed by atoms with Gasteiger partial charge >= 0.3 is 0 Å². The number of hydrogen-bond acceptors (Lipinski definition) is 2. The SMILES string of the molecule is CNC(c1cc(Cl)ccc1F)c1cccc2ccsc12. The third-order valence-electron chi connectivity index (χ3n) is 3.38. The minimum Gasteiger partial charge on any atom is -0.309 e. The molecule has 0 fully saturated rings. The van der Waals surface area contributed by atoms with Crippen molar-refractivity contribution in [2.45, 2.75) is 6.04 Å². The van der Waals surface area contributed by atoms with E-state index in [4.69, 9.17) is 11.6 Å². The van der Waals surface area contributed by atoms with Crippen LogP contribution >= 0.6 is 22.9 Å². The number of nitrogens with one attached hydrogen (secondary N) is 1. The highest BCUT2D eigenvalue weighted by atomic mass is 35.5. The molecule has 0 amide bonds. The predicted molar refractivity (Wildman–Crippen MR) is 84.1 cm³/mol. The molecule has 0 saturated carbocycles. The van der Waals surface area contributed by atoms with Gasteiger partial charge in [-0.15, -0.1) is 11.3 Å². The molecule has 3 aromatic rings. The Labute approximate surface area is 126 Å². The number of thiophene rings is 1. The molecule has 0 spiro atoms. The second kappa shape index (κ2) is 5.52. The third-order valence-corrected chi connectivity index (χ3v) is 4.59. The van der Waals surface area contributed by atoms with Crippen LogP contribution in [-0.4, -0.2) is 7.05 Å². The van der Waals surface area contributed by atoms with E-state index in [1.54, 1.807) is 23.5 Å². The molecule has 1 atom stereocenters. The Hall–Kier alpha value is -1.42. The first-order valence-electron chi connectivity index (χ1n) is 6.29. The Morgan fingerprint density at radius 2 is 2.00 bits per heavy atom. The Morgan fingerprint density at radius 3 is 2.80 bits per heavy atom. The Balaban J connectivity index is 2.19. The van der Waals surface area contributed by atoms with Gasteiger partial charge in [0.2, 0.25) is 0 Å². The van der Waals surface area contributed by atoms with E-state index >= 15 is 0 Å². The standard InChI is InChI=1S/C16H13ClFNS/c1-19-15(13-9-11(17)5-6-14(13)18)12-4-2-3-10-7-8-20-16(10)12/h2-9,15,19H,1H3. The molecule has 0 aliphatic rings. The van der Waals surface area contributed by atoms with Crippen LogP contribution in [0.5, 0.6) is 0 Å². The smallest absolute Gasteiger partial charge is 0.128 e. The maximum Gasteiger partial charge on any atom is 0.128 e. The zero-order valence-electron chi connectivity index (χ0n) is 10.9. The van der Waals surface area contributed by atoms with Crippen LogP contribution in [0.4, 0.5) is 4.39 Å². The topological polar surface area (TPSA) is 12.0 Å². The summed E-state index contributed by atoms with van der Waals surface area (Å²) in [7, 11) is 1.83. The number of rotatable bonds is 3. The third kappa shape index (κ3) is 2.33. The van der Waals surface area contributed by atoms with E-state index in [0.29, 0.717) is 10.6 Å². The fourth-order valence-corrected chi connectivity index (χ4v) is 3.58. The second-order valence-corrected chi connectivity index (χ2v) is 5.93. The van der Waals surface area contributed by atoms with Crippen LogP contribution in [0.2, 0.25) is 5.02 Å². The van der Waals surface area contributed by atoms with Gasteiger partial charge < -0.3 is 5.32 Å². The monoisotopic (exact) mass is 305 g/mol. The minimum atomic E-state index is -0.248. The number of fused-ring (bicyclic) bond motifs is 1. The van der Waals surface area contributed by atoms with E-state index in [2.05, 4.69) is 22.8 Å². The van der Waals surface area contributed by atoms with E-state index in [9.17, 15) is 4.39 Å². The van der Waals surface area contributed by atoms with Gasteiger partial charge in [0.15, 0.2) is 0 Å². The van der Waals surface area contributed by atoms with Crippen LogP contribution in [0, 0.1) is 5.82 Å². The Morgan fingerprint density at radius 1 is 1.15 bits per heavy atom. The van der Waals surface area contributed by atoms with Crippen molar-refractivity contribution in [2.75, 3.05) is 7.05 Å².